The van der Waals surface area contributed by atoms with Crippen molar-refractivity contribution in [1.29, 1.82) is 0 Å². The van der Waals surface area contributed by atoms with Crippen molar-refractivity contribution in [3.05, 3.63) is 35.4 Å². The average molecular weight is 274 g/mol. The van der Waals surface area contributed by atoms with Crippen LogP contribution in [-0.2, 0) is 14.3 Å². The van der Waals surface area contributed by atoms with Crippen molar-refractivity contribution in [2.45, 2.75) is 52.1 Å². The van der Waals surface area contributed by atoms with Crippen molar-refractivity contribution >= 4 is 11.8 Å². The van der Waals surface area contributed by atoms with Crippen LogP contribution in [0.4, 0.5) is 0 Å². The Labute approximate surface area is 120 Å². The van der Waals surface area contributed by atoms with E-state index in [4.69, 9.17) is 4.74 Å². The molecule has 0 saturated carbocycles. The molecule has 108 valence electrons. The second-order valence-corrected chi connectivity index (χ2v) is 5.63. The first kappa shape index (κ1) is 14.8. The Morgan fingerprint density at radius 1 is 1.25 bits per heavy atom. The number of Topliss-reactive ketones (excluding diaryl/α,β-unsaturated/α-hetero) is 1. The van der Waals surface area contributed by atoms with Gasteiger partial charge in [0.15, 0.2) is 0 Å². The van der Waals surface area contributed by atoms with Gasteiger partial charge in [-0.25, -0.2) is 0 Å². The molecule has 0 aliphatic carbocycles. The molecule has 0 aromatic heterocycles. The number of benzene rings is 1. The number of cyclic esters (lactones) is 1. The molecule has 3 atom stereocenters. The van der Waals surface area contributed by atoms with Gasteiger partial charge >= 0.3 is 5.97 Å². The highest BCUT2D eigenvalue weighted by Gasteiger charge is 2.46. The minimum atomic E-state index is -0.435. The number of aryl methyl sites for hydroxylation is 1. The van der Waals surface area contributed by atoms with Crippen LogP contribution in [0.25, 0.3) is 0 Å². The van der Waals surface area contributed by atoms with Crippen LogP contribution in [0, 0.1) is 12.8 Å². The van der Waals surface area contributed by atoms with Crippen LogP contribution in [0.5, 0.6) is 0 Å². The number of unbranched alkanes of at least 4 members (excludes halogenated alkanes) is 1. The maximum atomic E-state index is 12.4. The Morgan fingerprint density at radius 2 is 1.90 bits per heavy atom. The monoisotopic (exact) mass is 274 g/mol. The minimum Gasteiger partial charge on any atom is -0.461 e. The van der Waals surface area contributed by atoms with Crippen molar-refractivity contribution in [3.8, 4) is 0 Å². The van der Waals surface area contributed by atoms with E-state index >= 15 is 0 Å². The average Bonchev–Trinajstić information content (AvgIpc) is 2.72. The molecule has 0 N–H and O–H groups in total. The maximum Gasteiger partial charge on any atom is 0.314 e. The lowest BCUT2D eigenvalue weighted by Crippen LogP contribution is -2.26. The number of hydrogen-bond acceptors (Lipinski definition) is 3. The molecule has 1 heterocycles. The molecule has 0 bridgehead atoms. The van der Waals surface area contributed by atoms with Gasteiger partial charge in [-0.2, -0.15) is 0 Å². The summed E-state index contributed by atoms with van der Waals surface area (Å²) in [6.07, 6.45) is 2.07. The molecule has 1 aromatic carbocycles. The fourth-order valence-electron chi connectivity index (χ4n) is 2.83. The smallest absolute Gasteiger partial charge is 0.314 e. The first-order valence-corrected chi connectivity index (χ1v) is 7.34. The number of hydrogen-bond donors (Lipinski definition) is 0. The fourth-order valence-corrected chi connectivity index (χ4v) is 2.83. The van der Waals surface area contributed by atoms with Crippen molar-refractivity contribution < 1.29 is 14.3 Å². The predicted molar refractivity (Wildman–Crippen MR) is 77.5 cm³/mol. The molecule has 1 fully saturated rings. The largest absolute Gasteiger partial charge is 0.461 e. The van der Waals surface area contributed by atoms with Gasteiger partial charge in [-0.1, -0.05) is 43.2 Å². The Morgan fingerprint density at radius 3 is 2.50 bits per heavy atom. The summed E-state index contributed by atoms with van der Waals surface area (Å²) in [4.78, 5) is 24.5. The molecule has 0 radical (unpaired) electrons. The zero-order chi connectivity index (χ0) is 14.7. The lowest BCUT2D eigenvalue weighted by atomic mass is 9.81. The van der Waals surface area contributed by atoms with E-state index in [0.717, 1.165) is 24.0 Å². The van der Waals surface area contributed by atoms with Gasteiger partial charge in [0, 0.05) is 6.42 Å². The molecule has 1 saturated heterocycles. The normalized spacial score (nSPS) is 25.6. The van der Waals surface area contributed by atoms with Crippen LogP contribution in [0.15, 0.2) is 24.3 Å². The first-order chi connectivity index (χ1) is 9.54. The summed E-state index contributed by atoms with van der Waals surface area (Å²) in [5.41, 5.74) is 2.03. The molecule has 1 aliphatic heterocycles. The van der Waals surface area contributed by atoms with Gasteiger partial charge in [0.25, 0.3) is 0 Å². The second kappa shape index (κ2) is 6.21. The van der Waals surface area contributed by atoms with Crippen LogP contribution < -0.4 is 0 Å². The van der Waals surface area contributed by atoms with Crippen LogP contribution >= 0.6 is 0 Å². The van der Waals surface area contributed by atoms with Gasteiger partial charge in [-0.3, -0.25) is 9.59 Å². The lowest BCUT2D eigenvalue weighted by Gasteiger charge is -2.17. The molecule has 3 unspecified atom stereocenters. The van der Waals surface area contributed by atoms with Crippen LogP contribution in [-0.4, -0.2) is 17.9 Å². The number of ether oxygens (including phenoxy) is 1. The highest BCUT2D eigenvalue weighted by molar-refractivity contribution is 5.93. The Kier molecular flexibility index (Phi) is 4.58. The van der Waals surface area contributed by atoms with Crippen molar-refractivity contribution in [2.24, 2.45) is 5.92 Å². The number of carbonyl (C=O) groups excluding carboxylic acids is 2. The quantitative estimate of drug-likeness (QED) is 0.773. The van der Waals surface area contributed by atoms with E-state index in [1.54, 1.807) is 0 Å². The summed E-state index contributed by atoms with van der Waals surface area (Å²) in [5.74, 6) is -0.890. The maximum absolute atomic E-state index is 12.4. The predicted octanol–water partition coefficient (Wildman–Crippen LogP) is 3.40. The molecular weight excluding hydrogens is 252 g/mol. The Bertz CT molecular complexity index is 489. The first-order valence-electron chi connectivity index (χ1n) is 7.34. The fraction of sp³-hybridized carbons (Fsp3) is 0.529. The zero-order valence-electron chi connectivity index (χ0n) is 12.4. The molecule has 3 heteroatoms. The second-order valence-electron chi connectivity index (χ2n) is 5.63. The highest BCUT2D eigenvalue weighted by atomic mass is 16.6. The number of rotatable bonds is 5. The van der Waals surface area contributed by atoms with E-state index in [-0.39, 0.29) is 23.8 Å². The van der Waals surface area contributed by atoms with Crippen LogP contribution in [0.3, 0.4) is 0 Å². The van der Waals surface area contributed by atoms with Gasteiger partial charge in [-0.15, -0.1) is 0 Å². The van der Waals surface area contributed by atoms with Crippen molar-refractivity contribution in [3.63, 3.8) is 0 Å². The van der Waals surface area contributed by atoms with Gasteiger partial charge in [0.1, 0.15) is 11.9 Å². The highest BCUT2D eigenvalue weighted by Crippen LogP contribution is 2.38. The van der Waals surface area contributed by atoms with Gasteiger partial charge in [0.2, 0.25) is 0 Å². The molecule has 0 amide bonds. The molecule has 2 rings (SSSR count). The SMILES string of the molecule is CCCCC(=O)C1C(C)OC(=O)C1c1ccc(C)cc1. The number of ketones is 1. The summed E-state index contributed by atoms with van der Waals surface area (Å²) < 4.78 is 5.31. The number of carbonyl (C=O) groups is 2. The van der Waals surface area contributed by atoms with Gasteiger partial charge in [0.05, 0.1) is 11.8 Å². The molecule has 3 nitrogen and oxygen atoms in total. The summed E-state index contributed by atoms with van der Waals surface area (Å²) in [6.45, 7) is 5.88. The van der Waals surface area contributed by atoms with Crippen LogP contribution in [0.1, 0.15) is 50.2 Å². The molecule has 20 heavy (non-hydrogen) atoms. The van der Waals surface area contributed by atoms with Crippen molar-refractivity contribution in [2.75, 3.05) is 0 Å². The van der Waals surface area contributed by atoms with E-state index in [9.17, 15) is 9.59 Å². The van der Waals surface area contributed by atoms with Crippen LogP contribution in [0.2, 0.25) is 0 Å². The lowest BCUT2D eigenvalue weighted by molar-refractivity contribution is -0.142. The summed E-state index contributed by atoms with van der Waals surface area (Å²) in [6, 6.07) is 7.80. The molecule has 0 spiro atoms. The summed E-state index contributed by atoms with van der Waals surface area (Å²) in [5, 5.41) is 0. The molecular formula is C17H22O3. The summed E-state index contributed by atoms with van der Waals surface area (Å²) >= 11 is 0. The Balaban J connectivity index is 2.25. The van der Waals surface area contributed by atoms with Crippen molar-refractivity contribution in [1.82, 2.24) is 0 Å². The Hall–Kier alpha value is -1.64. The van der Waals surface area contributed by atoms with Gasteiger partial charge in [-0.05, 0) is 25.8 Å². The minimum absolute atomic E-state index is 0.149. The third-order valence-corrected chi connectivity index (χ3v) is 4.01. The third-order valence-electron chi connectivity index (χ3n) is 4.01. The van der Waals surface area contributed by atoms with E-state index in [1.807, 2.05) is 38.1 Å². The van der Waals surface area contributed by atoms with Gasteiger partial charge < -0.3 is 4.74 Å². The summed E-state index contributed by atoms with van der Waals surface area (Å²) in [7, 11) is 0. The van der Waals surface area contributed by atoms with E-state index in [0.29, 0.717) is 6.42 Å². The van der Waals surface area contributed by atoms with E-state index < -0.39 is 5.92 Å². The zero-order valence-corrected chi connectivity index (χ0v) is 12.4. The molecule has 1 aromatic rings. The topological polar surface area (TPSA) is 43.4 Å². The van der Waals surface area contributed by atoms with E-state index in [2.05, 4.69) is 6.92 Å². The van der Waals surface area contributed by atoms with E-state index in [1.165, 1.54) is 0 Å². The molecule has 1 aliphatic rings. The number of esters is 1. The third kappa shape index (κ3) is 2.92. The standard InChI is InChI=1S/C17H22O3/c1-4-5-6-14(18)15-12(3)20-17(19)16(15)13-9-7-11(2)8-10-13/h7-10,12,15-16H,4-6H2,1-3H3.